The molecule has 0 aliphatic heterocycles. The number of nitrogens with zero attached hydrogens (tertiary/aromatic N) is 1. The molecule has 0 fully saturated rings. The lowest BCUT2D eigenvalue weighted by atomic mass is 10.00. The van der Waals surface area contributed by atoms with Crippen LogP contribution in [0.4, 0.5) is 0 Å². The Morgan fingerprint density at radius 2 is 1.95 bits per heavy atom. The number of nitriles is 1. The van der Waals surface area contributed by atoms with Gasteiger partial charge in [0.25, 0.3) is 0 Å². The van der Waals surface area contributed by atoms with Crippen LogP contribution in [0.5, 0.6) is 0 Å². The van der Waals surface area contributed by atoms with Crippen molar-refractivity contribution >= 4 is 15.8 Å². The molecule has 22 heavy (non-hydrogen) atoms. The second-order valence-corrected chi connectivity index (χ2v) is 7.12. The quantitative estimate of drug-likeness (QED) is 0.569. The average molecular weight is 323 g/mol. The summed E-state index contributed by atoms with van der Waals surface area (Å²) in [5.74, 6) is -0.709. The fourth-order valence-electron chi connectivity index (χ4n) is 2.38. The van der Waals surface area contributed by atoms with Gasteiger partial charge in [-0.25, -0.2) is 13.2 Å². The van der Waals surface area contributed by atoms with Crippen molar-refractivity contribution in [2.24, 2.45) is 0 Å². The lowest BCUT2D eigenvalue weighted by Crippen LogP contribution is -2.12. The number of carbonyl (C=O) groups is 1. The number of methoxy groups -OCH3 is 1. The number of esters is 1. The van der Waals surface area contributed by atoms with E-state index >= 15 is 0 Å². The maximum absolute atomic E-state index is 12.1. The molecule has 0 atom stereocenters. The first-order valence-corrected chi connectivity index (χ1v) is 9.10. The Hall–Kier alpha value is -1.87. The molecule has 0 saturated carbocycles. The lowest BCUT2D eigenvalue weighted by molar-refractivity contribution is 0.0600. The van der Waals surface area contributed by atoms with Gasteiger partial charge in [0, 0.05) is 6.26 Å². The molecule has 0 aliphatic rings. The van der Waals surface area contributed by atoms with Crippen molar-refractivity contribution in [2.45, 2.75) is 43.9 Å². The highest BCUT2D eigenvalue weighted by Gasteiger charge is 2.24. The largest absolute Gasteiger partial charge is 0.465 e. The van der Waals surface area contributed by atoms with Gasteiger partial charge >= 0.3 is 5.97 Å². The molecule has 6 heteroatoms. The van der Waals surface area contributed by atoms with Gasteiger partial charge < -0.3 is 4.74 Å². The van der Waals surface area contributed by atoms with E-state index in [-0.39, 0.29) is 16.0 Å². The molecule has 0 spiro atoms. The molecule has 1 aromatic rings. The third-order valence-electron chi connectivity index (χ3n) is 3.43. The summed E-state index contributed by atoms with van der Waals surface area (Å²) in [4.78, 5) is 11.7. The van der Waals surface area contributed by atoms with Crippen molar-refractivity contribution in [3.05, 3.63) is 28.8 Å². The van der Waals surface area contributed by atoms with Crippen molar-refractivity contribution < 1.29 is 17.9 Å². The highest BCUT2D eigenvalue weighted by atomic mass is 32.2. The number of hydrogen-bond donors (Lipinski definition) is 0. The Morgan fingerprint density at radius 3 is 2.45 bits per heavy atom. The van der Waals surface area contributed by atoms with Crippen molar-refractivity contribution in [1.29, 1.82) is 5.26 Å². The number of hydrogen-bond acceptors (Lipinski definition) is 5. The summed E-state index contributed by atoms with van der Waals surface area (Å²) in [6.45, 7) is 2.10. The second-order valence-electron chi connectivity index (χ2n) is 5.16. The van der Waals surface area contributed by atoms with Crippen LogP contribution < -0.4 is 0 Å². The fraction of sp³-hybridized carbons (Fsp3) is 0.500. The molecule has 0 bridgehead atoms. The molecule has 0 aliphatic carbocycles. The minimum absolute atomic E-state index is 0.0114. The molecule has 0 unspecified atom stereocenters. The van der Waals surface area contributed by atoms with E-state index in [1.165, 1.54) is 13.2 Å². The molecule has 1 rings (SSSR count). The van der Waals surface area contributed by atoms with Crippen molar-refractivity contribution in [3.8, 4) is 6.07 Å². The van der Waals surface area contributed by atoms with Gasteiger partial charge in [-0.15, -0.1) is 0 Å². The normalized spacial score (nSPS) is 11.0. The maximum Gasteiger partial charge on any atom is 0.339 e. The van der Waals surface area contributed by atoms with Crippen LogP contribution in [0.3, 0.4) is 0 Å². The summed E-state index contributed by atoms with van der Waals surface area (Å²) >= 11 is 0. The van der Waals surface area contributed by atoms with Crippen molar-refractivity contribution in [3.63, 3.8) is 0 Å². The van der Waals surface area contributed by atoms with Crippen LogP contribution in [0, 0.1) is 11.3 Å². The Labute approximate surface area is 131 Å². The molecule has 0 aromatic heterocycles. The fourth-order valence-corrected chi connectivity index (χ4v) is 3.55. The van der Waals surface area contributed by atoms with E-state index in [2.05, 4.69) is 11.7 Å². The number of rotatable bonds is 7. The molecule has 5 nitrogen and oxygen atoms in total. The smallest absolute Gasteiger partial charge is 0.339 e. The van der Waals surface area contributed by atoms with E-state index < -0.39 is 15.8 Å². The first-order valence-electron chi connectivity index (χ1n) is 7.21. The van der Waals surface area contributed by atoms with Gasteiger partial charge in [0.05, 0.1) is 23.1 Å². The zero-order valence-electron chi connectivity index (χ0n) is 13.2. The second kappa shape index (κ2) is 7.95. The van der Waals surface area contributed by atoms with Crippen LogP contribution in [0.2, 0.25) is 0 Å². The third kappa shape index (κ3) is 4.31. The highest BCUT2D eigenvalue weighted by Crippen LogP contribution is 2.26. The van der Waals surface area contributed by atoms with Gasteiger partial charge in [-0.05, 0) is 24.5 Å². The minimum atomic E-state index is -3.61. The zero-order chi connectivity index (χ0) is 16.8. The number of unbranched alkanes of at least 4 members (excludes halogenated alkanes) is 3. The van der Waals surface area contributed by atoms with Crippen molar-refractivity contribution in [2.75, 3.05) is 13.4 Å². The standard InChI is InChI=1S/C16H21NO4S/c1-4-5-6-7-8-12-9-10-13(16(18)21-2)14(11-17)15(12)22(3,19)20/h9-10H,4-8H2,1-3H3. The molecular weight excluding hydrogens is 302 g/mol. The number of carbonyl (C=O) groups excluding carboxylic acids is 1. The Bertz CT molecular complexity index is 687. The van der Waals surface area contributed by atoms with Gasteiger partial charge in [-0.3, -0.25) is 0 Å². The van der Waals surface area contributed by atoms with Crippen LogP contribution in [-0.4, -0.2) is 27.8 Å². The Morgan fingerprint density at radius 1 is 1.27 bits per heavy atom. The Kier molecular flexibility index (Phi) is 6.57. The maximum atomic E-state index is 12.1. The van der Waals surface area contributed by atoms with E-state index in [9.17, 15) is 18.5 Å². The molecule has 1 aromatic carbocycles. The summed E-state index contributed by atoms with van der Waals surface area (Å²) in [6, 6.07) is 4.92. The molecule has 0 N–H and O–H groups in total. The molecule has 0 radical (unpaired) electrons. The number of benzene rings is 1. The first kappa shape index (κ1) is 18.2. The number of ether oxygens (including phenoxy) is 1. The molecule has 120 valence electrons. The van der Waals surface area contributed by atoms with E-state index in [0.717, 1.165) is 31.9 Å². The van der Waals surface area contributed by atoms with Gasteiger partial charge in [-0.1, -0.05) is 32.3 Å². The lowest BCUT2D eigenvalue weighted by Gasteiger charge is -2.12. The average Bonchev–Trinajstić information content (AvgIpc) is 2.48. The summed E-state index contributed by atoms with van der Waals surface area (Å²) in [5, 5.41) is 9.32. The van der Waals surface area contributed by atoms with Gasteiger partial charge in [-0.2, -0.15) is 5.26 Å². The SMILES string of the molecule is CCCCCCc1ccc(C(=O)OC)c(C#N)c1S(C)(=O)=O. The van der Waals surface area contributed by atoms with E-state index in [1.54, 1.807) is 6.07 Å². The third-order valence-corrected chi connectivity index (χ3v) is 4.63. The van der Waals surface area contributed by atoms with Gasteiger partial charge in [0.15, 0.2) is 9.84 Å². The molecular formula is C16H21NO4S. The number of aryl methyl sites for hydroxylation is 1. The predicted octanol–water partition coefficient (Wildman–Crippen LogP) is 2.87. The van der Waals surface area contributed by atoms with Crippen LogP contribution in [0.15, 0.2) is 17.0 Å². The minimum Gasteiger partial charge on any atom is -0.465 e. The number of sulfone groups is 1. The summed E-state index contributed by atoms with van der Waals surface area (Å²) in [5.41, 5.74) is 0.452. The topological polar surface area (TPSA) is 84.2 Å². The molecule has 0 saturated heterocycles. The Balaban J connectivity index is 3.35. The van der Waals surface area contributed by atoms with E-state index in [4.69, 9.17) is 0 Å². The molecule has 0 amide bonds. The highest BCUT2D eigenvalue weighted by molar-refractivity contribution is 7.90. The van der Waals surface area contributed by atoms with Gasteiger partial charge in [0.2, 0.25) is 0 Å². The van der Waals surface area contributed by atoms with Crippen LogP contribution >= 0.6 is 0 Å². The predicted molar refractivity (Wildman–Crippen MR) is 83.5 cm³/mol. The molecule has 0 heterocycles. The van der Waals surface area contributed by atoms with Crippen molar-refractivity contribution in [1.82, 2.24) is 0 Å². The summed E-state index contributed by atoms with van der Waals surface area (Å²) < 4.78 is 28.8. The summed E-state index contributed by atoms with van der Waals surface area (Å²) in [7, 11) is -2.42. The van der Waals surface area contributed by atoms with Gasteiger partial charge in [0.1, 0.15) is 6.07 Å². The monoisotopic (exact) mass is 323 g/mol. The zero-order valence-corrected chi connectivity index (χ0v) is 14.0. The van der Waals surface area contributed by atoms with E-state index in [1.807, 2.05) is 6.07 Å². The summed E-state index contributed by atoms with van der Waals surface area (Å²) in [6.07, 6.45) is 5.64. The first-order chi connectivity index (χ1) is 10.4. The van der Waals surface area contributed by atoms with Crippen LogP contribution in [-0.2, 0) is 21.0 Å². The van der Waals surface area contributed by atoms with Crippen LogP contribution in [0.1, 0.15) is 54.1 Å². The van der Waals surface area contributed by atoms with Crippen LogP contribution in [0.25, 0.3) is 0 Å². The van der Waals surface area contributed by atoms with E-state index in [0.29, 0.717) is 12.0 Å².